The first-order valence-electron chi connectivity index (χ1n) is 6.09. The summed E-state index contributed by atoms with van der Waals surface area (Å²) in [5.41, 5.74) is 17.5. The van der Waals surface area contributed by atoms with Crippen LogP contribution in [0.2, 0.25) is 0 Å². The fourth-order valence-corrected chi connectivity index (χ4v) is 1.80. The van der Waals surface area contributed by atoms with E-state index in [0.29, 0.717) is 11.4 Å². The number of nitrogen functional groups attached to an aromatic ring is 2. The van der Waals surface area contributed by atoms with E-state index in [-0.39, 0.29) is 0 Å². The molecule has 2 aromatic rings. The number of aromatic nitrogens is 2. The van der Waals surface area contributed by atoms with Crippen LogP contribution in [0.3, 0.4) is 0 Å². The van der Waals surface area contributed by atoms with Crippen LogP contribution >= 0.6 is 0 Å². The highest BCUT2D eigenvalue weighted by molar-refractivity contribution is 5.74. The van der Waals surface area contributed by atoms with E-state index in [2.05, 4.69) is 15.4 Å². The molecule has 0 saturated heterocycles. The molecule has 0 bridgehead atoms. The van der Waals surface area contributed by atoms with Crippen molar-refractivity contribution in [3.8, 4) is 0 Å². The van der Waals surface area contributed by atoms with Gasteiger partial charge < -0.3 is 11.5 Å². The van der Waals surface area contributed by atoms with Gasteiger partial charge >= 0.3 is 0 Å². The zero-order valence-electron chi connectivity index (χ0n) is 10.7. The van der Waals surface area contributed by atoms with E-state index in [0.717, 1.165) is 17.1 Å². The maximum absolute atomic E-state index is 5.62. The Morgan fingerprint density at radius 1 is 0.950 bits per heavy atom. The van der Waals surface area contributed by atoms with Gasteiger partial charge in [0.15, 0.2) is 5.82 Å². The molecule has 3 rings (SSSR count). The summed E-state index contributed by atoms with van der Waals surface area (Å²) in [5.74, 6) is 0.760. The minimum atomic E-state index is 0.636. The van der Waals surface area contributed by atoms with Crippen molar-refractivity contribution in [2.75, 3.05) is 16.5 Å². The molecule has 0 radical (unpaired) electrons. The number of allylic oxidation sites excluding steroid dienone is 2. The Labute approximate surface area is 116 Å². The number of rotatable bonds is 2. The van der Waals surface area contributed by atoms with Gasteiger partial charge in [-0.15, -0.1) is 0 Å². The van der Waals surface area contributed by atoms with Crippen molar-refractivity contribution in [1.82, 2.24) is 15.4 Å². The van der Waals surface area contributed by atoms with Crippen LogP contribution in [0, 0.1) is 0 Å². The molecule has 0 atom stereocenters. The number of hydrazine groups is 1. The lowest BCUT2D eigenvalue weighted by Gasteiger charge is -2.23. The van der Waals surface area contributed by atoms with Crippen LogP contribution in [0.15, 0.2) is 55.1 Å². The minimum absolute atomic E-state index is 0.636. The van der Waals surface area contributed by atoms with Gasteiger partial charge in [-0.1, -0.05) is 0 Å². The monoisotopic (exact) mass is 266 g/mol. The number of pyridine rings is 2. The van der Waals surface area contributed by atoms with Crippen molar-refractivity contribution in [2.24, 2.45) is 0 Å². The van der Waals surface area contributed by atoms with Crippen LogP contribution in [0.1, 0.15) is 5.69 Å². The second-order valence-corrected chi connectivity index (χ2v) is 4.34. The molecular weight excluding hydrogens is 252 g/mol. The van der Waals surface area contributed by atoms with Crippen molar-refractivity contribution in [3.05, 3.63) is 60.8 Å². The van der Waals surface area contributed by atoms with Gasteiger partial charge in [-0.25, -0.2) is 9.99 Å². The second-order valence-electron chi connectivity index (χ2n) is 4.34. The largest absolute Gasteiger partial charge is 0.397 e. The van der Waals surface area contributed by atoms with Crippen LogP contribution in [0.25, 0.3) is 5.57 Å². The SMILES string of the molecule is Nc1ccc(C2=CNN(c3ccc(N)cn3)C=C2)nc1. The molecule has 0 fully saturated rings. The maximum Gasteiger partial charge on any atom is 0.151 e. The number of nitrogens with two attached hydrogens (primary N) is 2. The highest BCUT2D eigenvalue weighted by Crippen LogP contribution is 2.19. The van der Waals surface area contributed by atoms with Gasteiger partial charge in [0.2, 0.25) is 0 Å². The molecule has 1 aliphatic heterocycles. The van der Waals surface area contributed by atoms with E-state index in [4.69, 9.17) is 11.5 Å². The third-order valence-electron chi connectivity index (χ3n) is 2.86. The first kappa shape index (κ1) is 12.0. The highest BCUT2D eigenvalue weighted by Gasteiger charge is 2.09. The lowest BCUT2D eigenvalue weighted by Crippen LogP contribution is -2.31. The summed E-state index contributed by atoms with van der Waals surface area (Å²) in [6, 6.07) is 7.35. The topological polar surface area (TPSA) is 93.1 Å². The molecule has 5 N–H and O–H groups in total. The molecule has 0 unspecified atom stereocenters. The fraction of sp³-hybridized carbons (Fsp3) is 0. The summed E-state index contributed by atoms with van der Waals surface area (Å²) in [7, 11) is 0. The molecule has 2 aromatic heterocycles. The van der Waals surface area contributed by atoms with Gasteiger partial charge in [-0.2, -0.15) is 0 Å². The van der Waals surface area contributed by atoms with Gasteiger partial charge in [0.1, 0.15) is 0 Å². The summed E-state index contributed by atoms with van der Waals surface area (Å²) >= 11 is 0. The Bertz CT molecular complexity index is 657. The molecule has 100 valence electrons. The van der Waals surface area contributed by atoms with Gasteiger partial charge in [-0.3, -0.25) is 10.4 Å². The second kappa shape index (κ2) is 4.93. The predicted molar refractivity (Wildman–Crippen MR) is 80.0 cm³/mol. The number of nitrogens with zero attached hydrogens (tertiary/aromatic N) is 3. The van der Waals surface area contributed by atoms with Crippen LogP contribution in [-0.4, -0.2) is 9.97 Å². The maximum atomic E-state index is 5.62. The summed E-state index contributed by atoms with van der Waals surface area (Å²) in [6.07, 6.45) is 8.94. The normalized spacial score (nSPS) is 13.8. The Morgan fingerprint density at radius 3 is 2.25 bits per heavy atom. The van der Waals surface area contributed by atoms with Crippen molar-refractivity contribution in [1.29, 1.82) is 0 Å². The average molecular weight is 266 g/mol. The molecule has 0 spiro atoms. The Balaban J connectivity index is 1.77. The Kier molecular flexibility index (Phi) is 2.96. The predicted octanol–water partition coefficient (Wildman–Crippen LogP) is 1.52. The standard InChI is InChI=1S/C14H14N6/c15-11-1-3-13(17-8-11)10-5-6-20(19-7-10)14-4-2-12(16)9-18-14/h1-9,19H,15-16H2. The van der Waals surface area contributed by atoms with Crippen LogP contribution in [-0.2, 0) is 0 Å². The summed E-state index contributed by atoms with van der Waals surface area (Å²) in [6.45, 7) is 0. The summed E-state index contributed by atoms with van der Waals surface area (Å²) in [4.78, 5) is 8.51. The van der Waals surface area contributed by atoms with Crippen molar-refractivity contribution >= 4 is 22.8 Å². The molecule has 1 aliphatic rings. The van der Waals surface area contributed by atoms with E-state index in [1.807, 2.05) is 36.7 Å². The van der Waals surface area contributed by atoms with E-state index < -0.39 is 0 Å². The van der Waals surface area contributed by atoms with Crippen molar-refractivity contribution in [3.63, 3.8) is 0 Å². The van der Waals surface area contributed by atoms with Gasteiger partial charge in [-0.05, 0) is 30.3 Å². The van der Waals surface area contributed by atoms with Gasteiger partial charge in [0.25, 0.3) is 0 Å². The van der Waals surface area contributed by atoms with Crippen molar-refractivity contribution < 1.29 is 0 Å². The molecule has 0 amide bonds. The number of hydrogen-bond donors (Lipinski definition) is 3. The highest BCUT2D eigenvalue weighted by atomic mass is 15.5. The van der Waals surface area contributed by atoms with Gasteiger partial charge in [0, 0.05) is 18.0 Å². The molecule has 20 heavy (non-hydrogen) atoms. The first-order chi connectivity index (χ1) is 9.72. The zero-order chi connectivity index (χ0) is 13.9. The first-order valence-corrected chi connectivity index (χ1v) is 6.09. The Morgan fingerprint density at radius 2 is 1.70 bits per heavy atom. The summed E-state index contributed by atoms with van der Waals surface area (Å²) in [5, 5.41) is 1.79. The van der Waals surface area contributed by atoms with E-state index in [1.54, 1.807) is 23.5 Å². The van der Waals surface area contributed by atoms with Gasteiger partial charge in [0.05, 0.1) is 29.5 Å². The van der Waals surface area contributed by atoms with Crippen molar-refractivity contribution in [2.45, 2.75) is 0 Å². The number of nitrogens with one attached hydrogen (secondary N) is 1. The average Bonchev–Trinajstić information content (AvgIpc) is 2.49. The van der Waals surface area contributed by atoms with E-state index in [9.17, 15) is 0 Å². The lowest BCUT2D eigenvalue weighted by atomic mass is 10.1. The molecule has 0 aliphatic carbocycles. The molecular formula is C14H14N6. The van der Waals surface area contributed by atoms with Crippen LogP contribution in [0.5, 0.6) is 0 Å². The minimum Gasteiger partial charge on any atom is -0.397 e. The number of anilines is 3. The van der Waals surface area contributed by atoms with E-state index >= 15 is 0 Å². The molecule has 0 aromatic carbocycles. The quantitative estimate of drug-likeness (QED) is 0.763. The third kappa shape index (κ3) is 2.39. The fourth-order valence-electron chi connectivity index (χ4n) is 1.80. The molecule has 0 saturated carbocycles. The number of hydrogen-bond acceptors (Lipinski definition) is 6. The zero-order valence-corrected chi connectivity index (χ0v) is 10.7. The van der Waals surface area contributed by atoms with Crippen LogP contribution < -0.4 is 21.9 Å². The summed E-state index contributed by atoms with van der Waals surface area (Å²) < 4.78 is 0. The Hall–Kier alpha value is -3.02. The van der Waals surface area contributed by atoms with Crippen LogP contribution in [0.4, 0.5) is 17.2 Å². The molecule has 6 nitrogen and oxygen atoms in total. The lowest BCUT2D eigenvalue weighted by molar-refractivity contribution is 0.851. The van der Waals surface area contributed by atoms with E-state index in [1.165, 1.54) is 0 Å². The smallest absolute Gasteiger partial charge is 0.151 e. The molecule has 3 heterocycles. The third-order valence-corrected chi connectivity index (χ3v) is 2.86. The molecule has 6 heteroatoms.